The number of aromatic nitrogens is 2. The fraction of sp³-hybridized carbons (Fsp3) is 0.286. The molecule has 0 N–H and O–H groups in total. The number of ether oxygens (including phenoxy) is 2. The minimum atomic E-state index is -0.620. The van der Waals surface area contributed by atoms with E-state index in [1.807, 2.05) is 0 Å². The standard InChI is InChI=1S/C7H7ClN2O3/c1-12-6(11)5-4(8)3-9-7(10-5)13-2/h3H,1-2H3. The topological polar surface area (TPSA) is 61.3 Å². The molecule has 1 rings (SSSR count). The van der Waals surface area contributed by atoms with Crippen LogP contribution < -0.4 is 4.74 Å². The van der Waals surface area contributed by atoms with Gasteiger partial charge in [-0.25, -0.2) is 9.78 Å². The monoisotopic (exact) mass is 202 g/mol. The number of carbonyl (C=O) groups is 1. The van der Waals surface area contributed by atoms with Gasteiger partial charge in [-0.3, -0.25) is 0 Å². The Morgan fingerprint density at radius 2 is 2.23 bits per heavy atom. The van der Waals surface area contributed by atoms with Gasteiger partial charge < -0.3 is 9.47 Å². The molecule has 6 heteroatoms. The Kier molecular flexibility index (Phi) is 3.02. The molecule has 70 valence electrons. The number of hydrogen-bond acceptors (Lipinski definition) is 5. The summed E-state index contributed by atoms with van der Waals surface area (Å²) in [6.07, 6.45) is 1.28. The summed E-state index contributed by atoms with van der Waals surface area (Å²) in [6.45, 7) is 0. The van der Waals surface area contributed by atoms with Crippen LogP contribution in [0.4, 0.5) is 0 Å². The Balaban J connectivity index is 3.11. The molecule has 13 heavy (non-hydrogen) atoms. The lowest BCUT2D eigenvalue weighted by molar-refractivity contribution is 0.0593. The van der Waals surface area contributed by atoms with Gasteiger partial charge in [-0.1, -0.05) is 11.6 Å². The van der Waals surface area contributed by atoms with Crippen LogP contribution in [0.3, 0.4) is 0 Å². The van der Waals surface area contributed by atoms with Gasteiger partial charge in [0.2, 0.25) is 0 Å². The number of halogens is 1. The zero-order valence-corrected chi connectivity index (χ0v) is 7.83. The fourth-order valence-electron chi connectivity index (χ4n) is 0.689. The second-order valence-corrected chi connectivity index (χ2v) is 2.45. The van der Waals surface area contributed by atoms with E-state index in [1.54, 1.807) is 0 Å². The first-order valence-electron chi connectivity index (χ1n) is 3.34. The Morgan fingerprint density at radius 3 is 2.77 bits per heavy atom. The van der Waals surface area contributed by atoms with Crippen LogP contribution in [-0.4, -0.2) is 30.2 Å². The van der Waals surface area contributed by atoms with Crippen molar-refractivity contribution >= 4 is 17.6 Å². The van der Waals surface area contributed by atoms with Crippen molar-refractivity contribution in [3.63, 3.8) is 0 Å². The van der Waals surface area contributed by atoms with E-state index in [4.69, 9.17) is 16.3 Å². The highest BCUT2D eigenvalue weighted by Gasteiger charge is 2.14. The van der Waals surface area contributed by atoms with Gasteiger partial charge in [0.1, 0.15) is 0 Å². The van der Waals surface area contributed by atoms with Crippen LogP contribution in [-0.2, 0) is 4.74 Å². The number of carbonyl (C=O) groups excluding carboxylic acids is 1. The fourth-order valence-corrected chi connectivity index (χ4v) is 0.857. The van der Waals surface area contributed by atoms with Gasteiger partial charge in [-0.05, 0) is 0 Å². The number of rotatable bonds is 2. The summed E-state index contributed by atoms with van der Waals surface area (Å²) >= 11 is 5.65. The van der Waals surface area contributed by atoms with E-state index in [0.717, 1.165) is 0 Å². The minimum Gasteiger partial charge on any atom is -0.467 e. The van der Waals surface area contributed by atoms with Crippen molar-refractivity contribution in [1.29, 1.82) is 0 Å². The average molecular weight is 203 g/mol. The van der Waals surface area contributed by atoms with Crippen molar-refractivity contribution in [2.75, 3.05) is 14.2 Å². The average Bonchev–Trinajstić information content (AvgIpc) is 2.17. The molecule has 1 aromatic rings. The maximum Gasteiger partial charge on any atom is 0.358 e. The van der Waals surface area contributed by atoms with Crippen LogP contribution in [0.1, 0.15) is 10.5 Å². The molecule has 0 radical (unpaired) electrons. The minimum absolute atomic E-state index is 0.00369. The maximum absolute atomic E-state index is 11.0. The Labute approximate surface area is 79.7 Å². The second kappa shape index (κ2) is 4.04. The van der Waals surface area contributed by atoms with Crippen LogP contribution in [0, 0.1) is 0 Å². The summed E-state index contributed by atoms with van der Waals surface area (Å²) in [4.78, 5) is 18.5. The number of methoxy groups -OCH3 is 2. The molecule has 0 saturated heterocycles. The summed E-state index contributed by atoms with van der Waals surface area (Å²) in [6, 6.07) is 0.0739. The first-order chi connectivity index (χ1) is 6.19. The SMILES string of the molecule is COC(=O)c1nc(OC)ncc1Cl. The first-order valence-corrected chi connectivity index (χ1v) is 3.71. The van der Waals surface area contributed by atoms with Gasteiger partial charge in [0.05, 0.1) is 25.4 Å². The summed E-state index contributed by atoms with van der Waals surface area (Å²) in [7, 11) is 2.64. The lowest BCUT2D eigenvalue weighted by Crippen LogP contribution is -2.07. The lowest BCUT2D eigenvalue weighted by Gasteiger charge is -2.02. The van der Waals surface area contributed by atoms with Crippen molar-refractivity contribution < 1.29 is 14.3 Å². The van der Waals surface area contributed by atoms with E-state index in [2.05, 4.69) is 14.7 Å². The lowest BCUT2D eigenvalue weighted by atomic mass is 10.4. The summed E-state index contributed by atoms with van der Waals surface area (Å²) < 4.78 is 9.16. The highest BCUT2D eigenvalue weighted by atomic mass is 35.5. The van der Waals surface area contributed by atoms with Crippen LogP contribution in [0.15, 0.2) is 6.20 Å². The third-order valence-electron chi connectivity index (χ3n) is 1.28. The van der Waals surface area contributed by atoms with Gasteiger partial charge in [0, 0.05) is 0 Å². The van der Waals surface area contributed by atoms with Crippen LogP contribution in [0.25, 0.3) is 0 Å². The van der Waals surface area contributed by atoms with Crippen molar-refractivity contribution in [3.8, 4) is 6.01 Å². The van der Waals surface area contributed by atoms with E-state index in [-0.39, 0.29) is 16.7 Å². The molecule has 0 bridgehead atoms. The van der Waals surface area contributed by atoms with Gasteiger partial charge in [0.15, 0.2) is 5.69 Å². The molecular weight excluding hydrogens is 196 g/mol. The Morgan fingerprint density at radius 1 is 1.54 bits per heavy atom. The van der Waals surface area contributed by atoms with Crippen molar-refractivity contribution in [1.82, 2.24) is 9.97 Å². The van der Waals surface area contributed by atoms with Gasteiger partial charge in [-0.2, -0.15) is 4.98 Å². The smallest absolute Gasteiger partial charge is 0.358 e. The molecule has 0 atom stereocenters. The van der Waals surface area contributed by atoms with Crippen LogP contribution >= 0.6 is 11.6 Å². The van der Waals surface area contributed by atoms with Crippen molar-refractivity contribution in [2.45, 2.75) is 0 Å². The largest absolute Gasteiger partial charge is 0.467 e. The quantitative estimate of drug-likeness (QED) is 0.668. The summed E-state index contributed by atoms with van der Waals surface area (Å²) in [5.74, 6) is -0.620. The third kappa shape index (κ3) is 2.06. The molecule has 0 aliphatic heterocycles. The van der Waals surface area contributed by atoms with Gasteiger partial charge in [0.25, 0.3) is 0 Å². The predicted molar refractivity (Wildman–Crippen MR) is 44.9 cm³/mol. The molecule has 0 aliphatic rings. The van der Waals surface area contributed by atoms with E-state index in [1.165, 1.54) is 20.4 Å². The van der Waals surface area contributed by atoms with Gasteiger partial charge >= 0.3 is 12.0 Å². The molecule has 0 unspecified atom stereocenters. The van der Waals surface area contributed by atoms with Crippen LogP contribution in [0.5, 0.6) is 6.01 Å². The summed E-state index contributed by atoms with van der Waals surface area (Å²) in [5, 5.41) is 0.132. The van der Waals surface area contributed by atoms with E-state index < -0.39 is 5.97 Å². The highest BCUT2D eigenvalue weighted by Crippen LogP contribution is 2.15. The molecule has 1 aromatic heterocycles. The molecule has 1 heterocycles. The Hall–Kier alpha value is -1.36. The number of nitrogens with zero attached hydrogens (tertiary/aromatic N) is 2. The third-order valence-corrected chi connectivity index (χ3v) is 1.56. The van der Waals surface area contributed by atoms with Crippen molar-refractivity contribution in [3.05, 3.63) is 16.9 Å². The predicted octanol–water partition coefficient (Wildman–Crippen LogP) is 0.925. The second-order valence-electron chi connectivity index (χ2n) is 2.04. The molecule has 5 nitrogen and oxygen atoms in total. The van der Waals surface area contributed by atoms with Crippen LogP contribution in [0.2, 0.25) is 5.02 Å². The number of hydrogen-bond donors (Lipinski definition) is 0. The highest BCUT2D eigenvalue weighted by molar-refractivity contribution is 6.33. The molecule has 0 aromatic carbocycles. The van der Waals surface area contributed by atoms with Gasteiger partial charge in [-0.15, -0.1) is 0 Å². The zero-order chi connectivity index (χ0) is 9.84. The summed E-state index contributed by atoms with van der Waals surface area (Å²) in [5.41, 5.74) is -0.00369. The Bertz CT molecular complexity index is 330. The maximum atomic E-state index is 11.0. The zero-order valence-electron chi connectivity index (χ0n) is 7.07. The molecule has 0 amide bonds. The normalized spacial score (nSPS) is 9.46. The van der Waals surface area contributed by atoms with E-state index >= 15 is 0 Å². The first kappa shape index (κ1) is 9.73. The molecule has 0 fully saturated rings. The number of esters is 1. The molecular formula is C7H7ClN2O3. The molecule has 0 saturated carbocycles. The molecule has 0 spiro atoms. The van der Waals surface area contributed by atoms with E-state index in [9.17, 15) is 4.79 Å². The van der Waals surface area contributed by atoms with Crippen molar-refractivity contribution in [2.24, 2.45) is 0 Å². The molecule has 0 aliphatic carbocycles. The van der Waals surface area contributed by atoms with E-state index in [0.29, 0.717) is 0 Å².